The standard InChI is InChI=1S/C7H13F2NO4S/c1-3-4-7(2,5(11)12)10-15(13,14)6(8)9/h6,10H,3-4H2,1-2H3,(H,11,12). The molecular formula is C7H13F2NO4S. The smallest absolute Gasteiger partial charge is 0.350 e. The Bertz CT molecular complexity index is 330. The Hall–Kier alpha value is -0.760. The number of sulfonamides is 1. The van der Waals surface area contributed by atoms with Crippen molar-refractivity contribution in [3.63, 3.8) is 0 Å². The zero-order valence-corrected chi connectivity index (χ0v) is 9.14. The lowest BCUT2D eigenvalue weighted by Gasteiger charge is -2.24. The SMILES string of the molecule is CCCC(C)(NS(=O)(=O)C(F)F)C(=O)O. The van der Waals surface area contributed by atoms with Crippen molar-refractivity contribution in [2.45, 2.75) is 38.0 Å². The summed E-state index contributed by atoms with van der Waals surface area (Å²) in [4.78, 5) is 10.7. The van der Waals surface area contributed by atoms with Gasteiger partial charge >= 0.3 is 11.7 Å². The summed E-state index contributed by atoms with van der Waals surface area (Å²) < 4.78 is 47.1. The second kappa shape index (κ2) is 4.84. The first-order valence-corrected chi connectivity index (χ1v) is 5.74. The third-order valence-corrected chi connectivity index (χ3v) is 3.03. The molecule has 15 heavy (non-hydrogen) atoms. The number of hydrogen-bond donors (Lipinski definition) is 2. The summed E-state index contributed by atoms with van der Waals surface area (Å²) in [5.74, 6) is -5.11. The molecule has 0 aromatic heterocycles. The van der Waals surface area contributed by atoms with Crippen molar-refractivity contribution < 1.29 is 27.1 Å². The van der Waals surface area contributed by atoms with Crippen molar-refractivity contribution in [3.05, 3.63) is 0 Å². The third kappa shape index (κ3) is 3.71. The predicted molar refractivity (Wildman–Crippen MR) is 49.0 cm³/mol. The van der Waals surface area contributed by atoms with Crippen LogP contribution in [0.15, 0.2) is 0 Å². The molecule has 1 unspecified atom stereocenters. The summed E-state index contributed by atoms with van der Waals surface area (Å²) in [6.07, 6.45) is 0.294. The number of carboxylic acid groups (broad SMARTS) is 1. The lowest BCUT2D eigenvalue weighted by molar-refractivity contribution is -0.143. The van der Waals surface area contributed by atoms with Crippen molar-refractivity contribution in [1.29, 1.82) is 0 Å². The van der Waals surface area contributed by atoms with E-state index in [2.05, 4.69) is 0 Å². The number of nitrogens with one attached hydrogen (secondary N) is 1. The first-order chi connectivity index (χ1) is 6.65. The van der Waals surface area contributed by atoms with Gasteiger partial charge in [-0.05, 0) is 13.3 Å². The molecular weight excluding hydrogens is 232 g/mol. The van der Waals surface area contributed by atoms with E-state index in [9.17, 15) is 22.0 Å². The Labute approximate surface area is 86.5 Å². The minimum Gasteiger partial charge on any atom is -0.480 e. The molecule has 0 aromatic carbocycles. The largest absolute Gasteiger partial charge is 0.480 e. The summed E-state index contributed by atoms with van der Waals surface area (Å²) >= 11 is 0. The van der Waals surface area contributed by atoms with Crippen molar-refractivity contribution in [2.75, 3.05) is 0 Å². The normalized spacial score (nSPS) is 16.3. The molecule has 8 heteroatoms. The Morgan fingerprint density at radius 2 is 2.00 bits per heavy atom. The number of carboxylic acids is 1. The van der Waals surface area contributed by atoms with Gasteiger partial charge in [0.05, 0.1) is 0 Å². The zero-order chi connectivity index (χ0) is 12.3. The highest BCUT2D eigenvalue weighted by atomic mass is 32.2. The molecule has 0 aliphatic rings. The first-order valence-electron chi connectivity index (χ1n) is 4.20. The molecule has 0 radical (unpaired) electrons. The Balaban J connectivity index is 4.93. The monoisotopic (exact) mass is 245 g/mol. The molecule has 0 bridgehead atoms. The highest BCUT2D eigenvalue weighted by Crippen LogP contribution is 2.16. The number of carbonyl (C=O) groups is 1. The van der Waals surface area contributed by atoms with Gasteiger partial charge in [-0.2, -0.15) is 13.5 Å². The molecule has 1 atom stereocenters. The fourth-order valence-corrected chi connectivity index (χ4v) is 1.97. The highest BCUT2D eigenvalue weighted by Gasteiger charge is 2.39. The van der Waals surface area contributed by atoms with Gasteiger partial charge in [-0.25, -0.2) is 8.42 Å². The second-order valence-corrected chi connectivity index (χ2v) is 4.95. The minimum absolute atomic E-state index is 0.0612. The lowest BCUT2D eigenvalue weighted by Crippen LogP contribution is -2.53. The van der Waals surface area contributed by atoms with Gasteiger partial charge in [0.15, 0.2) is 0 Å². The Kier molecular flexibility index (Phi) is 4.60. The van der Waals surface area contributed by atoms with E-state index >= 15 is 0 Å². The van der Waals surface area contributed by atoms with E-state index in [-0.39, 0.29) is 6.42 Å². The van der Waals surface area contributed by atoms with Crippen LogP contribution in [-0.4, -0.2) is 30.8 Å². The van der Waals surface area contributed by atoms with E-state index in [0.717, 1.165) is 6.92 Å². The molecule has 0 saturated carbocycles. The van der Waals surface area contributed by atoms with E-state index in [1.165, 1.54) is 4.72 Å². The molecule has 0 aromatic rings. The van der Waals surface area contributed by atoms with Gasteiger partial charge in [-0.3, -0.25) is 4.79 Å². The highest BCUT2D eigenvalue weighted by molar-refractivity contribution is 7.89. The van der Waals surface area contributed by atoms with Crippen LogP contribution in [0, 0.1) is 0 Å². The molecule has 0 fully saturated rings. The summed E-state index contributed by atoms with van der Waals surface area (Å²) in [5, 5.41) is 8.74. The molecule has 2 N–H and O–H groups in total. The van der Waals surface area contributed by atoms with Crippen LogP contribution in [0.4, 0.5) is 8.78 Å². The van der Waals surface area contributed by atoms with E-state index in [4.69, 9.17) is 5.11 Å². The van der Waals surface area contributed by atoms with Crippen LogP contribution in [-0.2, 0) is 14.8 Å². The summed E-state index contributed by atoms with van der Waals surface area (Å²) in [6, 6.07) is 0. The van der Waals surface area contributed by atoms with Gasteiger partial charge in [0.25, 0.3) is 10.0 Å². The molecule has 0 aliphatic carbocycles. The quantitative estimate of drug-likeness (QED) is 0.724. The van der Waals surface area contributed by atoms with E-state index in [1.807, 2.05) is 0 Å². The average molecular weight is 245 g/mol. The van der Waals surface area contributed by atoms with Crippen molar-refractivity contribution in [3.8, 4) is 0 Å². The molecule has 0 heterocycles. The Morgan fingerprint density at radius 1 is 1.53 bits per heavy atom. The maximum absolute atomic E-state index is 12.0. The summed E-state index contributed by atoms with van der Waals surface area (Å²) in [5.41, 5.74) is -1.88. The van der Waals surface area contributed by atoms with Crippen molar-refractivity contribution in [2.24, 2.45) is 0 Å². The molecule has 0 rings (SSSR count). The molecule has 0 aliphatic heterocycles. The fourth-order valence-electron chi connectivity index (χ4n) is 1.06. The van der Waals surface area contributed by atoms with Crippen molar-refractivity contribution >= 4 is 16.0 Å². The number of halogens is 2. The number of rotatable bonds is 6. The predicted octanol–water partition coefficient (Wildman–Crippen LogP) is 0.772. The van der Waals surface area contributed by atoms with E-state index in [1.54, 1.807) is 6.92 Å². The first kappa shape index (κ1) is 14.2. The van der Waals surface area contributed by atoms with Crippen LogP contribution in [0.25, 0.3) is 0 Å². The number of aliphatic carboxylic acids is 1. The minimum atomic E-state index is -4.89. The third-order valence-electron chi connectivity index (χ3n) is 1.82. The zero-order valence-electron chi connectivity index (χ0n) is 8.33. The van der Waals surface area contributed by atoms with Gasteiger partial charge in [-0.1, -0.05) is 13.3 Å². The van der Waals surface area contributed by atoms with Gasteiger partial charge < -0.3 is 5.11 Å². The maximum Gasteiger partial charge on any atom is 0.350 e. The van der Waals surface area contributed by atoms with Gasteiger partial charge in [-0.15, -0.1) is 0 Å². The molecule has 0 saturated heterocycles. The molecule has 0 spiro atoms. The van der Waals surface area contributed by atoms with Gasteiger partial charge in [0.1, 0.15) is 5.54 Å². The van der Waals surface area contributed by atoms with Gasteiger partial charge in [0.2, 0.25) is 0 Å². The fraction of sp³-hybridized carbons (Fsp3) is 0.857. The number of alkyl halides is 2. The number of hydrogen-bond acceptors (Lipinski definition) is 3. The maximum atomic E-state index is 12.0. The van der Waals surface area contributed by atoms with Crippen LogP contribution in [0.1, 0.15) is 26.7 Å². The molecule has 5 nitrogen and oxygen atoms in total. The van der Waals surface area contributed by atoms with E-state index < -0.39 is 27.3 Å². The van der Waals surface area contributed by atoms with Crippen LogP contribution >= 0.6 is 0 Å². The summed E-state index contributed by atoms with van der Waals surface area (Å²) in [7, 11) is -4.89. The van der Waals surface area contributed by atoms with Crippen LogP contribution < -0.4 is 4.72 Å². The van der Waals surface area contributed by atoms with Crippen LogP contribution in [0.5, 0.6) is 0 Å². The second-order valence-electron chi connectivity index (χ2n) is 3.29. The topological polar surface area (TPSA) is 83.5 Å². The average Bonchev–Trinajstić information content (AvgIpc) is 2.02. The van der Waals surface area contributed by atoms with Crippen molar-refractivity contribution in [1.82, 2.24) is 4.72 Å². The molecule has 0 amide bonds. The molecule has 90 valence electrons. The Morgan fingerprint density at radius 3 is 2.27 bits per heavy atom. The summed E-state index contributed by atoms with van der Waals surface area (Å²) in [6.45, 7) is 2.68. The lowest BCUT2D eigenvalue weighted by atomic mass is 9.98. The van der Waals surface area contributed by atoms with Crippen LogP contribution in [0.3, 0.4) is 0 Å². The van der Waals surface area contributed by atoms with Gasteiger partial charge in [0, 0.05) is 0 Å². The van der Waals surface area contributed by atoms with Crippen LogP contribution in [0.2, 0.25) is 0 Å². The van der Waals surface area contributed by atoms with E-state index in [0.29, 0.717) is 6.42 Å².